The van der Waals surface area contributed by atoms with Crippen molar-refractivity contribution in [3.8, 4) is 5.75 Å². The maximum atomic E-state index is 12.7. The quantitative estimate of drug-likeness (QED) is 0.785. The molecule has 1 aromatic carbocycles. The van der Waals surface area contributed by atoms with Crippen LogP contribution in [0, 0.1) is 6.20 Å². The van der Waals surface area contributed by atoms with E-state index in [1.807, 2.05) is 0 Å². The molecule has 95 valence electrons. The van der Waals surface area contributed by atoms with Gasteiger partial charge in [-0.1, -0.05) is 5.10 Å². The first kappa shape index (κ1) is 12.3. The van der Waals surface area contributed by atoms with E-state index in [1.165, 1.54) is 12.1 Å². The fourth-order valence-corrected chi connectivity index (χ4v) is 1.58. The maximum Gasteiger partial charge on any atom is 0.294 e. The Balaban J connectivity index is 2.10. The summed E-state index contributed by atoms with van der Waals surface area (Å²) in [5.74, 6) is -0.613. The summed E-state index contributed by atoms with van der Waals surface area (Å²) in [6.07, 6.45) is 3.30. The molecule has 0 saturated heterocycles. The lowest BCUT2D eigenvalue weighted by atomic mass is 10.3. The zero-order valence-electron chi connectivity index (χ0n) is 8.74. The van der Waals surface area contributed by atoms with Gasteiger partial charge in [0.15, 0.2) is 5.75 Å². The number of hydrogen-bond acceptors (Lipinski definition) is 6. The monoisotopic (exact) mass is 272 g/mol. The van der Waals surface area contributed by atoms with Crippen LogP contribution >= 0.6 is 0 Å². The molecule has 0 amide bonds. The molecule has 0 bridgehead atoms. The van der Waals surface area contributed by atoms with Gasteiger partial charge < -0.3 is 4.84 Å². The number of hydrogen-bond donors (Lipinski definition) is 2. The molecular weight excluding hydrogens is 265 g/mol. The lowest BCUT2D eigenvalue weighted by Crippen LogP contribution is -2.35. The molecule has 2 N–H and O–H groups in total. The molecule has 0 fully saturated rings. The summed E-state index contributed by atoms with van der Waals surface area (Å²) in [7, 11) is -4.25. The summed E-state index contributed by atoms with van der Waals surface area (Å²) >= 11 is 0. The number of rotatable bonds is 3. The van der Waals surface area contributed by atoms with Crippen LogP contribution in [-0.2, 0) is 10.1 Å². The second kappa shape index (κ2) is 4.63. The van der Waals surface area contributed by atoms with Crippen molar-refractivity contribution in [2.45, 2.75) is 4.90 Å². The number of benzene rings is 1. The van der Waals surface area contributed by atoms with Crippen LogP contribution in [0.5, 0.6) is 5.75 Å². The van der Waals surface area contributed by atoms with Crippen molar-refractivity contribution in [3.63, 3.8) is 0 Å². The lowest BCUT2D eigenvalue weighted by Gasteiger charge is -2.19. The van der Waals surface area contributed by atoms with Crippen LogP contribution in [0.2, 0.25) is 0 Å². The second-order valence-electron chi connectivity index (χ2n) is 3.13. The number of nitrogens with one attached hydrogen (secondary N) is 1. The lowest BCUT2D eigenvalue weighted by molar-refractivity contribution is -0.0961. The van der Waals surface area contributed by atoms with Crippen LogP contribution in [0.1, 0.15) is 0 Å². The largest absolute Gasteiger partial charge is 0.343 e. The van der Waals surface area contributed by atoms with E-state index in [-0.39, 0.29) is 10.6 Å². The van der Waals surface area contributed by atoms with E-state index in [4.69, 9.17) is 9.39 Å². The van der Waals surface area contributed by atoms with Crippen molar-refractivity contribution in [2.75, 3.05) is 0 Å². The molecular formula is C9H7FN3O4S. The highest BCUT2D eigenvalue weighted by molar-refractivity contribution is 7.85. The van der Waals surface area contributed by atoms with Crippen LogP contribution in [0.15, 0.2) is 40.3 Å². The molecule has 0 aliphatic carbocycles. The summed E-state index contributed by atoms with van der Waals surface area (Å²) < 4.78 is 43.0. The third kappa shape index (κ3) is 2.96. The molecule has 9 heteroatoms. The molecule has 2 rings (SSSR count). The molecule has 18 heavy (non-hydrogen) atoms. The van der Waals surface area contributed by atoms with E-state index in [0.717, 1.165) is 18.2 Å². The first-order valence-corrected chi connectivity index (χ1v) is 6.03. The van der Waals surface area contributed by atoms with E-state index < -0.39 is 16.1 Å². The molecule has 0 aromatic heterocycles. The van der Waals surface area contributed by atoms with Gasteiger partial charge in [-0.15, -0.1) is 0 Å². The molecule has 1 heterocycles. The Hall–Kier alpha value is -2.13. The van der Waals surface area contributed by atoms with Gasteiger partial charge in [-0.3, -0.25) is 4.55 Å². The van der Waals surface area contributed by atoms with Gasteiger partial charge in [0.2, 0.25) is 5.97 Å². The molecule has 7 nitrogen and oxygen atoms in total. The summed E-state index contributed by atoms with van der Waals surface area (Å²) in [5, 5.41) is 4.02. The Morgan fingerprint density at radius 2 is 2.06 bits per heavy atom. The minimum atomic E-state index is -4.25. The van der Waals surface area contributed by atoms with E-state index in [1.54, 1.807) is 0 Å². The predicted octanol–water partition coefficient (Wildman–Crippen LogP) is 0.647. The van der Waals surface area contributed by atoms with E-state index in [9.17, 15) is 12.8 Å². The highest BCUT2D eigenvalue weighted by atomic mass is 32.2. The highest BCUT2D eigenvalue weighted by Gasteiger charge is 2.11. The van der Waals surface area contributed by atoms with Gasteiger partial charge in [-0.25, -0.2) is 5.43 Å². The zero-order valence-corrected chi connectivity index (χ0v) is 9.56. The minimum absolute atomic E-state index is 0.190. The molecule has 0 spiro atoms. The summed E-state index contributed by atoms with van der Waals surface area (Å²) in [6, 6.07) is 4.82. The van der Waals surface area contributed by atoms with E-state index in [0.29, 0.717) is 5.28 Å². The Morgan fingerprint density at radius 3 is 2.61 bits per heavy atom. The summed E-state index contributed by atoms with van der Waals surface area (Å²) in [6.45, 7) is 0. The van der Waals surface area contributed by atoms with Gasteiger partial charge in [0.25, 0.3) is 10.1 Å². The fourth-order valence-electron chi connectivity index (χ4n) is 1.10. The predicted molar refractivity (Wildman–Crippen MR) is 58.2 cm³/mol. The summed E-state index contributed by atoms with van der Waals surface area (Å²) in [5.41, 5.74) is 2.35. The highest BCUT2D eigenvalue weighted by Crippen LogP contribution is 2.16. The third-order valence-corrected chi connectivity index (χ3v) is 2.72. The normalized spacial score (nSPS) is 15.0. The summed E-state index contributed by atoms with van der Waals surface area (Å²) in [4.78, 5) is 4.75. The standard InChI is InChI=1S/C9H7FN3O4S/c10-9-5-6-11-13(12-9)17-7-1-3-8(4-2-7)18(14,15)16/h1-5,11H,(H,14,15,16). The van der Waals surface area contributed by atoms with Gasteiger partial charge in [-0.05, 0) is 29.5 Å². The van der Waals surface area contributed by atoms with Crippen molar-refractivity contribution in [2.24, 2.45) is 5.10 Å². The topological polar surface area (TPSA) is 91.2 Å². The molecule has 1 aliphatic heterocycles. The molecule has 1 radical (unpaired) electrons. The molecule has 0 unspecified atom stereocenters. The first-order chi connectivity index (χ1) is 8.45. The third-order valence-electron chi connectivity index (χ3n) is 1.85. The van der Waals surface area contributed by atoms with Crippen LogP contribution in [-0.4, -0.2) is 24.2 Å². The van der Waals surface area contributed by atoms with Crippen LogP contribution in [0.25, 0.3) is 0 Å². The van der Waals surface area contributed by atoms with E-state index in [2.05, 4.69) is 16.7 Å². The second-order valence-corrected chi connectivity index (χ2v) is 4.56. The molecule has 0 saturated carbocycles. The van der Waals surface area contributed by atoms with Crippen molar-refractivity contribution in [3.05, 3.63) is 36.5 Å². The Morgan fingerprint density at radius 1 is 1.39 bits per heavy atom. The molecule has 0 atom stereocenters. The SMILES string of the molecule is O=S(=O)(O)c1ccc(ON2N=C(F)C=[C]N2)cc1. The molecule has 1 aliphatic rings. The molecule has 1 aromatic rings. The van der Waals surface area contributed by atoms with Gasteiger partial charge in [-0.2, -0.15) is 12.8 Å². The Bertz CT molecular complexity index is 597. The maximum absolute atomic E-state index is 12.7. The first-order valence-electron chi connectivity index (χ1n) is 4.59. The smallest absolute Gasteiger partial charge is 0.294 e. The van der Waals surface area contributed by atoms with Crippen LogP contribution in [0.3, 0.4) is 0 Å². The number of nitrogens with zero attached hydrogens (tertiary/aromatic N) is 2. The Labute approximate surface area is 102 Å². The average molecular weight is 272 g/mol. The fraction of sp³-hybridized carbons (Fsp3) is 0. The zero-order chi connectivity index (χ0) is 13.2. The van der Waals surface area contributed by atoms with Crippen LogP contribution in [0.4, 0.5) is 4.39 Å². The van der Waals surface area contributed by atoms with Gasteiger partial charge in [0.05, 0.1) is 11.1 Å². The van der Waals surface area contributed by atoms with Gasteiger partial charge in [0.1, 0.15) is 0 Å². The van der Waals surface area contributed by atoms with E-state index >= 15 is 0 Å². The van der Waals surface area contributed by atoms with Crippen molar-refractivity contribution in [1.82, 2.24) is 10.7 Å². The van der Waals surface area contributed by atoms with Crippen molar-refractivity contribution < 1.29 is 22.2 Å². The minimum Gasteiger partial charge on any atom is -0.343 e. The van der Waals surface area contributed by atoms with Gasteiger partial charge in [0, 0.05) is 6.08 Å². The number of hydrazine groups is 1. The van der Waals surface area contributed by atoms with Gasteiger partial charge >= 0.3 is 0 Å². The number of allylic oxidation sites excluding steroid dienone is 1. The van der Waals surface area contributed by atoms with Crippen LogP contribution < -0.4 is 10.3 Å². The van der Waals surface area contributed by atoms with Crippen molar-refractivity contribution >= 4 is 16.1 Å². The van der Waals surface area contributed by atoms with Crippen molar-refractivity contribution in [1.29, 1.82) is 0 Å². The number of halogens is 1. The Kier molecular flexibility index (Phi) is 3.17. The average Bonchev–Trinajstić information content (AvgIpc) is 2.28. The number of hydrazone groups is 1.